The van der Waals surface area contributed by atoms with Gasteiger partial charge in [0.25, 0.3) is 0 Å². The van der Waals surface area contributed by atoms with Crippen LogP contribution in [-0.2, 0) is 0 Å². The van der Waals surface area contributed by atoms with Gasteiger partial charge in [-0.15, -0.1) is 22.6 Å². The van der Waals surface area contributed by atoms with Gasteiger partial charge in [-0.1, -0.05) is 41.1 Å². The summed E-state index contributed by atoms with van der Waals surface area (Å²) >= 11 is 7.29. The average molecular weight is 248 g/mol. The maximum absolute atomic E-state index is 5.97. The number of benzene rings is 1. The van der Waals surface area contributed by atoms with Gasteiger partial charge in [-0.05, 0) is 6.07 Å². The van der Waals surface area contributed by atoms with Crippen LogP contribution >= 0.6 is 35.3 Å². The van der Waals surface area contributed by atoms with Crippen molar-refractivity contribution in [2.24, 2.45) is 0 Å². The smallest absolute Gasteiger partial charge is 0.203 e. The molecule has 0 saturated heterocycles. The molecule has 0 aliphatic heterocycles. The van der Waals surface area contributed by atoms with Crippen molar-refractivity contribution in [1.29, 1.82) is 0 Å². The maximum atomic E-state index is 5.97. The summed E-state index contributed by atoms with van der Waals surface area (Å²) in [6, 6.07) is 7.48. The van der Waals surface area contributed by atoms with Crippen molar-refractivity contribution >= 4 is 40.5 Å². The van der Waals surface area contributed by atoms with Crippen molar-refractivity contribution in [2.45, 2.75) is 0 Å². The summed E-state index contributed by atoms with van der Waals surface area (Å²) in [5.74, 6) is 0. The molecule has 2 rings (SSSR count). The minimum absolute atomic E-state index is 0. The number of aromatic nitrogens is 2. The van der Waals surface area contributed by atoms with Crippen LogP contribution in [0.15, 0.2) is 24.3 Å². The fraction of sp³-hybridized carbons (Fsp3) is 0. The van der Waals surface area contributed by atoms with Gasteiger partial charge in [0.05, 0.1) is 5.02 Å². The second-order valence-corrected chi connectivity index (χ2v) is 3.84. The van der Waals surface area contributed by atoms with Crippen molar-refractivity contribution in [3.05, 3.63) is 29.3 Å². The van der Waals surface area contributed by atoms with Crippen molar-refractivity contribution in [3.8, 4) is 10.6 Å². The Hall–Kier alpha value is -0.840. The third-order valence-corrected chi connectivity index (χ3v) is 2.66. The largest absolute Gasteiger partial charge is 0.374 e. The summed E-state index contributed by atoms with van der Waals surface area (Å²) in [6.45, 7) is 0. The lowest BCUT2D eigenvalue weighted by atomic mass is 10.2. The standard InChI is InChI=1S/C8H6ClN3S.ClH/c9-6-4-2-1-3-5(6)7-11-12-8(10)13-7;/h1-4H,(H2,10,12);1H. The van der Waals surface area contributed by atoms with E-state index in [2.05, 4.69) is 10.2 Å². The highest BCUT2D eigenvalue weighted by Crippen LogP contribution is 2.30. The van der Waals surface area contributed by atoms with Crippen LogP contribution in [-0.4, -0.2) is 10.2 Å². The molecule has 3 nitrogen and oxygen atoms in total. The highest BCUT2D eigenvalue weighted by atomic mass is 35.5. The highest BCUT2D eigenvalue weighted by Gasteiger charge is 2.06. The fourth-order valence-electron chi connectivity index (χ4n) is 0.978. The predicted octanol–water partition coefficient (Wildman–Crippen LogP) is 2.86. The molecule has 2 aromatic rings. The monoisotopic (exact) mass is 247 g/mol. The van der Waals surface area contributed by atoms with Gasteiger partial charge >= 0.3 is 0 Å². The van der Waals surface area contributed by atoms with E-state index in [0.29, 0.717) is 10.2 Å². The number of nitrogens with zero attached hydrogens (tertiary/aromatic N) is 2. The summed E-state index contributed by atoms with van der Waals surface area (Å²) in [5, 5.41) is 9.50. The van der Waals surface area contributed by atoms with E-state index in [1.165, 1.54) is 11.3 Å². The van der Waals surface area contributed by atoms with Crippen LogP contribution in [0.5, 0.6) is 0 Å². The lowest BCUT2D eigenvalue weighted by Gasteiger charge is -1.96. The van der Waals surface area contributed by atoms with E-state index in [9.17, 15) is 0 Å². The Morgan fingerprint density at radius 2 is 1.93 bits per heavy atom. The summed E-state index contributed by atoms with van der Waals surface area (Å²) in [7, 11) is 0. The number of anilines is 1. The quantitative estimate of drug-likeness (QED) is 0.844. The van der Waals surface area contributed by atoms with E-state index < -0.39 is 0 Å². The molecule has 0 radical (unpaired) electrons. The second kappa shape index (κ2) is 4.59. The molecule has 1 heterocycles. The summed E-state index contributed by atoms with van der Waals surface area (Å²) in [4.78, 5) is 0. The van der Waals surface area contributed by atoms with Gasteiger partial charge in [0.1, 0.15) is 0 Å². The number of hydrogen-bond donors (Lipinski definition) is 1. The predicted molar refractivity (Wildman–Crippen MR) is 62.0 cm³/mol. The Bertz CT molecular complexity index is 430. The third kappa shape index (κ3) is 2.15. The van der Waals surface area contributed by atoms with Gasteiger partial charge in [0, 0.05) is 5.56 Å². The van der Waals surface area contributed by atoms with E-state index in [1.54, 1.807) is 0 Å². The molecule has 0 aliphatic rings. The Labute approximate surface area is 96.3 Å². The van der Waals surface area contributed by atoms with Gasteiger partial charge in [-0.25, -0.2) is 0 Å². The second-order valence-electron chi connectivity index (χ2n) is 2.43. The van der Waals surface area contributed by atoms with Gasteiger partial charge in [-0.2, -0.15) is 0 Å². The lowest BCUT2D eigenvalue weighted by molar-refractivity contribution is 1.10. The SMILES string of the molecule is Cl.Nc1nnc(-c2ccccc2Cl)s1. The Morgan fingerprint density at radius 3 is 2.50 bits per heavy atom. The van der Waals surface area contributed by atoms with E-state index in [1.807, 2.05) is 24.3 Å². The maximum Gasteiger partial charge on any atom is 0.203 e. The van der Waals surface area contributed by atoms with E-state index >= 15 is 0 Å². The van der Waals surface area contributed by atoms with Crippen molar-refractivity contribution in [1.82, 2.24) is 10.2 Å². The molecule has 0 fully saturated rings. The molecule has 0 amide bonds. The molecule has 2 N–H and O–H groups in total. The zero-order valence-electron chi connectivity index (χ0n) is 6.98. The first kappa shape index (κ1) is 11.2. The van der Waals surface area contributed by atoms with E-state index in [-0.39, 0.29) is 12.4 Å². The molecule has 1 aromatic carbocycles. The van der Waals surface area contributed by atoms with Crippen LogP contribution in [0.2, 0.25) is 5.02 Å². The zero-order chi connectivity index (χ0) is 9.26. The number of nitrogen functional groups attached to an aromatic ring is 1. The molecule has 6 heteroatoms. The van der Waals surface area contributed by atoms with Gasteiger partial charge in [0.15, 0.2) is 5.01 Å². The lowest BCUT2D eigenvalue weighted by Crippen LogP contribution is -1.80. The molecular formula is C8H7Cl2N3S. The molecule has 0 aliphatic carbocycles. The zero-order valence-corrected chi connectivity index (χ0v) is 9.36. The number of halogens is 2. The fourth-order valence-corrected chi connectivity index (χ4v) is 1.91. The first-order chi connectivity index (χ1) is 6.27. The first-order valence-electron chi connectivity index (χ1n) is 3.61. The number of rotatable bonds is 1. The van der Waals surface area contributed by atoms with Gasteiger partial charge in [0.2, 0.25) is 5.13 Å². The molecule has 14 heavy (non-hydrogen) atoms. The molecule has 0 spiro atoms. The average Bonchev–Trinajstić information content (AvgIpc) is 2.53. The van der Waals surface area contributed by atoms with Crippen LogP contribution in [0.1, 0.15) is 0 Å². The minimum atomic E-state index is 0. The molecule has 0 bridgehead atoms. The Balaban J connectivity index is 0.000000980. The molecule has 0 saturated carbocycles. The summed E-state index contributed by atoms with van der Waals surface area (Å²) in [6.07, 6.45) is 0. The Kier molecular flexibility index (Phi) is 3.69. The number of hydrogen-bond acceptors (Lipinski definition) is 4. The van der Waals surface area contributed by atoms with Crippen molar-refractivity contribution in [2.75, 3.05) is 5.73 Å². The summed E-state index contributed by atoms with van der Waals surface area (Å²) < 4.78 is 0. The third-order valence-electron chi connectivity index (χ3n) is 1.54. The minimum Gasteiger partial charge on any atom is -0.374 e. The van der Waals surface area contributed by atoms with Crippen LogP contribution in [0.3, 0.4) is 0 Å². The van der Waals surface area contributed by atoms with Crippen molar-refractivity contribution in [3.63, 3.8) is 0 Å². The van der Waals surface area contributed by atoms with Crippen molar-refractivity contribution < 1.29 is 0 Å². The van der Waals surface area contributed by atoms with Gasteiger partial charge < -0.3 is 5.73 Å². The van der Waals surface area contributed by atoms with Crippen LogP contribution < -0.4 is 5.73 Å². The molecule has 1 aromatic heterocycles. The number of nitrogens with two attached hydrogens (primary N) is 1. The van der Waals surface area contributed by atoms with Gasteiger partial charge in [-0.3, -0.25) is 0 Å². The topological polar surface area (TPSA) is 51.8 Å². The summed E-state index contributed by atoms with van der Waals surface area (Å²) in [5.41, 5.74) is 6.34. The molecule has 74 valence electrons. The van der Waals surface area contributed by atoms with Crippen LogP contribution in [0, 0.1) is 0 Å². The van der Waals surface area contributed by atoms with E-state index in [4.69, 9.17) is 17.3 Å². The van der Waals surface area contributed by atoms with Crippen LogP contribution in [0.25, 0.3) is 10.6 Å². The molecule has 0 unspecified atom stereocenters. The highest BCUT2D eigenvalue weighted by molar-refractivity contribution is 7.18. The van der Waals surface area contributed by atoms with E-state index in [0.717, 1.165) is 10.6 Å². The first-order valence-corrected chi connectivity index (χ1v) is 4.80. The molecular weight excluding hydrogens is 241 g/mol. The molecule has 0 atom stereocenters. The van der Waals surface area contributed by atoms with Crippen LogP contribution in [0.4, 0.5) is 5.13 Å². The Morgan fingerprint density at radius 1 is 1.21 bits per heavy atom. The normalized spacial score (nSPS) is 9.50.